The molecule has 0 heterocycles. The van der Waals surface area contributed by atoms with E-state index in [0.29, 0.717) is 0 Å². The van der Waals surface area contributed by atoms with Crippen LogP contribution in [-0.2, 0) is 4.79 Å². The number of carboxylic acid groups (broad SMARTS) is 1. The lowest BCUT2D eigenvalue weighted by molar-refractivity contribution is -0.150. The largest absolute Gasteiger partial charge is 0.481 e. The van der Waals surface area contributed by atoms with Crippen LogP contribution in [-0.4, -0.2) is 23.1 Å². The maximum absolute atomic E-state index is 11.3. The van der Waals surface area contributed by atoms with E-state index in [1.165, 1.54) is 0 Å². The number of unbranched alkanes of at least 4 members (excludes halogenated alkanes) is 1. The molecule has 0 bridgehead atoms. The Morgan fingerprint density at radius 3 is 2.36 bits per heavy atom. The molecule has 14 heavy (non-hydrogen) atoms. The van der Waals surface area contributed by atoms with Gasteiger partial charge in [-0.25, -0.2) is 0 Å². The van der Waals surface area contributed by atoms with Crippen molar-refractivity contribution < 1.29 is 9.90 Å². The highest BCUT2D eigenvalue weighted by Crippen LogP contribution is 2.34. The molecule has 1 unspecified atom stereocenters. The number of hydrogen-bond acceptors (Lipinski definition) is 2. The number of carboxylic acids is 1. The Bertz CT molecular complexity index is 161. The Balaban J connectivity index is 4.35. The molecule has 2 nitrogen and oxygen atoms in total. The summed E-state index contributed by atoms with van der Waals surface area (Å²) < 4.78 is 0. The van der Waals surface area contributed by atoms with Crippen molar-refractivity contribution in [3.63, 3.8) is 0 Å². The zero-order valence-electron chi connectivity index (χ0n) is 9.51. The van der Waals surface area contributed by atoms with Gasteiger partial charge in [-0.15, -0.1) is 0 Å². The molecular formula is C11H22O2S. The molecule has 84 valence electrons. The highest BCUT2D eigenvalue weighted by atomic mass is 32.2. The van der Waals surface area contributed by atoms with Crippen molar-refractivity contribution in [3.8, 4) is 0 Å². The number of aliphatic carboxylic acids is 1. The van der Waals surface area contributed by atoms with E-state index in [4.69, 9.17) is 0 Å². The molecule has 0 aromatic heterocycles. The predicted molar refractivity (Wildman–Crippen MR) is 62.9 cm³/mol. The zero-order valence-corrected chi connectivity index (χ0v) is 10.3. The molecule has 0 aromatic carbocycles. The van der Waals surface area contributed by atoms with Gasteiger partial charge in [0, 0.05) is 0 Å². The minimum Gasteiger partial charge on any atom is -0.481 e. The van der Waals surface area contributed by atoms with E-state index in [0.717, 1.165) is 37.9 Å². The van der Waals surface area contributed by atoms with Crippen LogP contribution in [0.3, 0.4) is 0 Å². The van der Waals surface area contributed by atoms with Gasteiger partial charge in [0.2, 0.25) is 0 Å². The lowest BCUT2D eigenvalue weighted by Crippen LogP contribution is -2.31. The molecule has 0 fully saturated rings. The molecule has 0 radical (unpaired) electrons. The summed E-state index contributed by atoms with van der Waals surface area (Å²) in [6, 6.07) is 0. The van der Waals surface area contributed by atoms with Crippen LogP contribution in [0, 0.1) is 5.41 Å². The van der Waals surface area contributed by atoms with Crippen molar-refractivity contribution in [2.24, 2.45) is 5.41 Å². The van der Waals surface area contributed by atoms with Crippen LogP contribution < -0.4 is 0 Å². The van der Waals surface area contributed by atoms with Gasteiger partial charge in [-0.2, -0.15) is 11.8 Å². The molecule has 3 heteroatoms. The van der Waals surface area contributed by atoms with Gasteiger partial charge >= 0.3 is 5.97 Å². The summed E-state index contributed by atoms with van der Waals surface area (Å²) in [7, 11) is 0. The van der Waals surface area contributed by atoms with Gasteiger partial charge in [0.05, 0.1) is 5.41 Å². The number of thioether (sulfide) groups is 1. The Hall–Kier alpha value is -0.180. The van der Waals surface area contributed by atoms with Crippen molar-refractivity contribution in [3.05, 3.63) is 0 Å². The monoisotopic (exact) mass is 218 g/mol. The Kier molecular flexibility index (Phi) is 7.06. The highest BCUT2D eigenvalue weighted by Gasteiger charge is 2.35. The van der Waals surface area contributed by atoms with Crippen molar-refractivity contribution in [2.75, 3.05) is 12.0 Å². The molecule has 0 amide bonds. The third-order valence-corrected chi connectivity index (χ3v) is 3.54. The minimum atomic E-state index is -0.609. The van der Waals surface area contributed by atoms with Gasteiger partial charge in [0.25, 0.3) is 0 Å². The van der Waals surface area contributed by atoms with Gasteiger partial charge in [0.1, 0.15) is 0 Å². The molecule has 0 saturated heterocycles. The number of hydrogen-bond donors (Lipinski definition) is 1. The van der Waals surface area contributed by atoms with Crippen molar-refractivity contribution >= 4 is 17.7 Å². The second kappa shape index (κ2) is 7.16. The third-order valence-electron chi connectivity index (χ3n) is 2.92. The van der Waals surface area contributed by atoms with E-state index >= 15 is 0 Å². The fraction of sp³-hybridized carbons (Fsp3) is 0.909. The first kappa shape index (κ1) is 13.8. The van der Waals surface area contributed by atoms with Crippen LogP contribution in [0.4, 0.5) is 0 Å². The maximum atomic E-state index is 11.3. The summed E-state index contributed by atoms with van der Waals surface area (Å²) in [5.74, 6) is 0.339. The second-order valence-electron chi connectivity index (χ2n) is 3.79. The first-order valence-electron chi connectivity index (χ1n) is 5.35. The average Bonchev–Trinajstić information content (AvgIpc) is 2.18. The molecule has 0 aliphatic carbocycles. The fourth-order valence-corrected chi connectivity index (χ4v) is 2.25. The SMILES string of the molecule is CCCCC(CC)(CCSC)C(=O)O. The number of carbonyl (C=O) groups is 1. The zero-order chi connectivity index (χ0) is 11.0. The summed E-state index contributed by atoms with van der Waals surface area (Å²) in [4.78, 5) is 11.3. The van der Waals surface area contributed by atoms with E-state index in [1.54, 1.807) is 11.8 Å². The van der Waals surface area contributed by atoms with Crippen molar-refractivity contribution in [1.29, 1.82) is 0 Å². The van der Waals surface area contributed by atoms with Gasteiger partial charge < -0.3 is 5.11 Å². The van der Waals surface area contributed by atoms with Crippen molar-refractivity contribution in [2.45, 2.75) is 46.0 Å². The predicted octanol–water partition coefficient (Wildman–Crippen LogP) is 3.41. The molecule has 0 rings (SSSR count). The quantitative estimate of drug-likeness (QED) is 0.678. The van der Waals surface area contributed by atoms with Gasteiger partial charge in [0.15, 0.2) is 0 Å². The summed E-state index contributed by atoms with van der Waals surface area (Å²) in [6.07, 6.45) is 6.52. The van der Waals surface area contributed by atoms with E-state index < -0.39 is 11.4 Å². The standard InChI is InChI=1S/C11H22O2S/c1-4-6-7-11(5-2,10(12)13)8-9-14-3/h4-9H2,1-3H3,(H,12,13). The second-order valence-corrected chi connectivity index (χ2v) is 4.77. The topological polar surface area (TPSA) is 37.3 Å². The molecule has 0 saturated carbocycles. The van der Waals surface area contributed by atoms with Crippen molar-refractivity contribution in [1.82, 2.24) is 0 Å². The molecule has 0 aliphatic rings. The lowest BCUT2D eigenvalue weighted by Gasteiger charge is -2.27. The minimum absolute atomic E-state index is 0.459. The summed E-state index contributed by atoms with van der Waals surface area (Å²) in [5, 5.41) is 9.27. The van der Waals surface area contributed by atoms with Crippen LogP contribution in [0.15, 0.2) is 0 Å². The Morgan fingerprint density at radius 2 is 2.00 bits per heavy atom. The van der Waals surface area contributed by atoms with Crippen LogP contribution in [0.5, 0.6) is 0 Å². The Morgan fingerprint density at radius 1 is 1.36 bits per heavy atom. The molecule has 0 aromatic rings. The first-order valence-corrected chi connectivity index (χ1v) is 6.74. The first-order chi connectivity index (χ1) is 6.63. The third kappa shape index (κ3) is 3.91. The van der Waals surface area contributed by atoms with E-state index in [9.17, 15) is 9.90 Å². The summed E-state index contributed by atoms with van der Waals surface area (Å²) in [5.41, 5.74) is -0.459. The average molecular weight is 218 g/mol. The lowest BCUT2D eigenvalue weighted by atomic mass is 9.78. The summed E-state index contributed by atoms with van der Waals surface area (Å²) >= 11 is 1.73. The van der Waals surface area contributed by atoms with Crippen LogP contribution in [0.1, 0.15) is 46.0 Å². The maximum Gasteiger partial charge on any atom is 0.309 e. The normalized spacial score (nSPS) is 15.1. The van der Waals surface area contributed by atoms with Gasteiger partial charge in [-0.3, -0.25) is 4.79 Å². The molecule has 1 N–H and O–H groups in total. The van der Waals surface area contributed by atoms with E-state index in [-0.39, 0.29) is 0 Å². The van der Waals surface area contributed by atoms with E-state index in [2.05, 4.69) is 6.92 Å². The van der Waals surface area contributed by atoms with Crippen LogP contribution in [0.25, 0.3) is 0 Å². The van der Waals surface area contributed by atoms with Crippen LogP contribution in [0.2, 0.25) is 0 Å². The fourth-order valence-electron chi connectivity index (χ4n) is 1.66. The molecule has 0 aliphatic heterocycles. The van der Waals surface area contributed by atoms with Gasteiger partial charge in [-0.1, -0.05) is 26.7 Å². The number of rotatable bonds is 8. The Labute approximate surface area is 91.5 Å². The highest BCUT2D eigenvalue weighted by molar-refractivity contribution is 7.98. The van der Waals surface area contributed by atoms with Gasteiger partial charge in [-0.05, 0) is 31.3 Å². The smallest absolute Gasteiger partial charge is 0.309 e. The summed E-state index contributed by atoms with van der Waals surface area (Å²) in [6.45, 7) is 4.10. The van der Waals surface area contributed by atoms with E-state index in [1.807, 2.05) is 13.2 Å². The molecule has 0 spiro atoms. The molecule has 1 atom stereocenters. The van der Waals surface area contributed by atoms with Crippen LogP contribution >= 0.6 is 11.8 Å². The molecular weight excluding hydrogens is 196 g/mol.